The summed E-state index contributed by atoms with van der Waals surface area (Å²) in [6.07, 6.45) is 1.29. The number of nitrogens with one attached hydrogen (secondary N) is 2. The molecule has 1 rings (SSSR count). The Hall–Kier alpha value is -1.67. The predicted molar refractivity (Wildman–Crippen MR) is 82.0 cm³/mol. The summed E-state index contributed by atoms with van der Waals surface area (Å²) in [6, 6.07) is 3.65. The number of sulfonamides is 1. The molecular formula is C13H21N3O4S. The number of rotatable bonds is 7. The second kappa shape index (κ2) is 6.40. The molecule has 0 saturated carbocycles. The fourth-order valence-corrected chi connectivity index (χ4v) is 3.58. The molecule has 0 fully saturated rings. The second-order valence-electron chi connectivity index (χ2n) is 5.06. The molecule has 0 aliphatic heterocycles. The second-order valence-corrected chi connectivity index (χ2v) is 6.71. The van der Waals surface area contributed by atoms with Gasteiger partial charge < -0.3 is 5.32 Å². The zero-order valence-corrected chi connectivity index (χ0v) is 13.5. The third kappa shape index (κ3) is 3.92. The van der Waals surface area contributed by atoms with E-state index in [1.807, 2.05) is 20.8 Å². The molecule has 0 aliphatic rings. The highest BCUT2D eigenvalue weighted by Gasteiger charge is 2.29. The Kier molecular flexibility index (Phi) is 5.30. The van der Waals surface area contributed by atoms with Crippen molar-refractivity contribution in [3.05, 3.63) is 28.3 Å². The monoisotopic (exact) mass is 315 g/mol. The zero-order valence-electron chi connectivity index (χ0n) is 12.6. The molecule has 1 aromatic rings. The third-order valence-corrected chi connectivity index (χ3v) is 5.37. The van der Waals surface area contributed by atoms with Gasteiger partial charge in [0.25, 0.3) is 5.69 Å². The number of nitro groups is 1. The normalized spacial score (nSPS) is 12.2. The first-order valence-corrected chi connectivity index (χ1v) is 8.17. The van der Waals surface area contributed by atoms with Gasteiger partial charge in [0.2, 0.25) is 10.0 Å². The SMILES string of the molecule is CCC(C)(CC)NS(=O)(=O)c1ccc([N+](=O)[O-])cc1NC. The Bertz CT molecular complexity index is 624. The fourth-order valence-electron chi connectivity index (χ4n) is 1.83. The van der Waals surface area contributed by atoms with Crippen molar-refractivity contribution >= 4 is 21.4 Å². The van der Waals surface area contributed by atoms with E-state index in [1.54, 1.807) is 0 Å². The molecule has 2 N–H and O–H groups in total. The van der Waals surface area contributed by atoms with Crippen LogP contribution in [0.25, 0.3) is 0 Å². The van der Waals surface area contributed by atoms with Gasteiger partial charge in [-0.15, -0.1) is 0 Å². The molecule has 0 radical (unpaired) electrons. The summed E-state index contributed by atoms with van der Waals surface area (Å²) >= 11 is 0. The molecule has 118 valence electrons. The lowest BCUT2D eigenvalue weighted by atomic mass is 9.98. The van der Waals surface area contributed by atoms with Gasteiger partial charge in [-0.3, -0.25) is 10.1 Å². The van der Waals surface area contributed by atoms with Crippen LogP contribution >= 0.6 is 0 Å². The van der Waals surface area contributed by atoms with Gasteiger partial charge in [0, 0.05) is 24.7 Å². The molecule has 7 nitrogen and oxygen atoms in total. The zero-order chi connectivity index (χ0) is 16.3. The van der Waals surface area contributed by atoms with Gasteiger partial charge in [-0.05, 0) is 25.8 Å². The van der Waals surface area contributed by atoms with E-state index in [9.17, 15) is 18.5 Å². The number of anilines is 1. The van der Waals surface area contributed by atoms with Gasteiger partial charge in [0.05, 0.1) is 10.6 Å². The van der Waals surface area contributed by atoms with E-state index in [1.165, 1.54) is 25.2 Å². The molecule has 0 bridgehead atoms. The maximum atomic E-state index is 12.5. The molecule has 0 amide bonds. The first kappa shape index (κ1) is 17.4. The van der Waals surface area contributed by atoms with Gasteiger partial charge in [-0.2, -0.15) is 0 Å². The highest BCUT2D eigenvalue weighted by Crippen LogP contribution is 2.28. The Morgan fingerprint density at radius 1 is 1.29 bits per heavy atom. The summed E-state index contributed by atoms with van der Waals surface area (Å²) in [6.45, 7) is 5.64. The summed E-state index contributed by atoms with van der Waals surface area (Å²) in [4.78, 5) is 10.2. The van der Waals surface area contributed by atoms with Crippen molar-refractivity contribution in [1.82, 2.24) is 4.72 Å². The summed E-state index contributed by atoms with van der Waals surface area (Å²) in [5, 5.41) is 13.5. The van der Waals surface area contributed by atoms with Crippen molar-refractivity contribution in [3.8, 4) is 0 Å². The number of benzene rings is 1. The van der Waals surface area contributed by atoms with Crippen LogP contribution in [0.4, 0.5) is 11.4 Å². The average Bonchev–Trinajstić information content (AvgIpc) is 2.45. The van der Waals surface area contributed by atoms with Gasteiger partial charge >= 0.3 is 0 Å². The van der Waals surface area contributed by atoms with Crippen molar-refractivity contribution in [3.63, 3.8) is 0 Å². The van der Waals surface area contributed by atoms with Gasteiger partial charge in [0.15, 0.2) is 0 Å². The van der Waals surface area contributed by atoms with E-state index in [4.69, 9.17) is 0 Å². The lowest BCUT2D eigenvalue weighted by Gasteiger charge is -2.28. The molecule has 21 heavy (non-hydrogen) atoms. The van der Waals surface area contributed by atoms with Crippen LogP contribution in [0.3, 0.4) is 0 Å². The maximum Gasteiger partial charge on any atom is 0.271 e. The minimum atomic E-state index is -3.76. The summed E-state index contributed by atoms with van der Waals surface area (Å²) in [5.74, 6) is 0. The van der Waals surface area contributed by atoms with Crippen LogP contribution in [0.1, 0.15) is 33.6 Å². The van der Waals surface area contributed by atoms with Crippen LogP contribution in [0.5, 0.6) is 0 Å². The first-order chi connectivity index (χ1) is 9.69. The van der Waals surface area contributed by atoms with E-state index < -0.39 is 20.5 Å². The molecule has 1 aromatic carbocycles. The van der Waals surface area contributed by atoms with Crippen LogP contribution in [-0.2, 0) is 10.0 Å². The topological polar surface area (TPSA) is 101 Å². The van der Waals surface area contributed by atoms with Crippen molar-refractivity contribution in [2.24, 2.45) is 0 Å². The Morgan fingerprint density at radius 2 is 1.86 bits per heavy atom. The summed E-state index contributed by atoms with van der Waals surface area (Å²) in [5.41, 5.74) is -0.510. The van der Waals surface area contributed by atoms with Crippen LogP contribution in [-0.4, -0.2) is 25.9 Å². The van der Waals surface area contributed by atoms with Crippen molar-refractivity contribution in [2.75, 3.05) is 12.4 Å². The summed E-state index contributed by atoms with van der Waals surface area (Å²) in [7, 11) is -2.24. The van der Waals surface area contributed by atoms with E-state index in [-0.39, 0.29) is 16.3 Å². The molecule has 0 atom stereocenters. The fraction of sp³-hybridized carbons (Fsp3) is 0.538. The first-order valence-electron chi connectivity index (χ1n) is 6.69. The van der Waals surface area contributed by atoms with Gasteiger partial charge in [-0.25, -0.2) is 13.1 Å². The quantitative estimate of drug-likeness (QED) is 0.594. The number of nitrogens with zero attached hydrogens (tertiary/aromatic N) is 1. The molecule has 0 saturated heterocycles. The van der Waals surface area contributed by atoms with Crippen molar-refractivity contribution in [1.29, 1.82) is 0 Å². The largest absolute Gasteiger partial charge is 0.387 e. The average molecular weight is 315 g/mol. The van der Waals surface area contributed by atoms with Crippen LogP contribution in [0.2, 0.25) is 0 Å². The predicted octanol–water partition coefficient (Wildman–Crippen LogP) is 2.49. The molecule has 0 aromatic heterocycles. The third-order valence-electron chi connectivity index (χ3n) is 3.67. The highest BCUT2D eigenvalue weighted by molar-refractivity contribution is 7.89. The van der Waals surface area contributed by atoms with Crippen LogP contribution in [0.15, 0.2) is 23.1 Å². The highest BCUT2D eigenvalue weighted by atomic mass is 32.2. The lowest BCUT2D eigenvalue weighted by molar-refractivity contribution is -0.384. The van der Waals surface area contributed by atoms with Crippen molar-refractivity contribution < 1.29 is 13.3 Å². The van der Waals surface area contributed by atoms with E-state index in [0.717, 1.165) is 0 Å². The summed E-state index contributed by atoms with van der Waals surface area (Å²) < 4.78 is 27.7. The molecule has 0 spiro atoms. The van der Waals surface area contributed by atoms with Gasteiger partial charge in [0.1, 0.15) is 4.90 Å². The molecular weight excluding hydrogens is 294 g/mol. The molecule has 0 aliphatic carbocycles. The van der Waals surface area contributed by atoms with Crippen LogP contribution in [0, 0.1) is 10.1 Å². The molecule has 0 unspecified atom stereocenters. The number of hydrogen-bond donors (Lipinski definition) is 2. The molecule has 0 heterocycles. The minimum absolute atomic E-state index is 0.00345. The number of non-ortho nitro benzene ring substituents is 1. The van der Waals surface area contributed by atoms with Gasteiger partial charge in [-0.1, -0.05) is 13.8 Å². The van der Waals surface area contributed by atoms with E-state index in [0.29, 0.717) is 12.8 Å². The van der Waals surface area contributed by atoms with E-state index >= 15 is 0 Å². The molecule has 8 heteroatoms. The number of hydrogen-bond acceptors (Lipinski definition) is 5. The lowest BCUT2D eigenvalue weighted by Crippen LogP contribution is -2.44. The Morgan fingerprint density at radius 3 is 2.29 bits per heavy atom. The Labute approximate surface area is 124 Å². The minimum Gasteiger partial charge on any atom is -0.387 e. The van der Waals surface area contributed by atoms with Crippen molar-refractivity contribution in [2.45, 2.75) is 44.0 Å². The number of nitro benzene ring substituents is 1. The maximum absolute atomic E-state index is 12.5. The standard InChI is InChI=1S/C13H21N3O4S/c1-5-13(3,6-2)15-21(19,20)12-8-7-10(16(17)18)9-11(12)14-4/h7-9,14-15H,5-6H2,1-4H3. The van der Waals surface area contributed by atoms with Crippen LogP contribution < -0.4 is 10.0 Å². The van der Waals surface area contributed by atoms with E-state index in [2.05, 4.69) is 10.0 Å². The Balaban J connectivity index is 3.29. The smallest absolute Gasteiger partial charge is 0.271 e.